The van der Waals surface area contributed by atoms with Gasteiger partial charge in [0.25, 0.3) is 0 Å². The molecule has 0 radical (unpaired) electrons. The topological polar surface area (TPSA) is 43.6 Å². The fourth-order valence-electron chi connectivity index (χ4n) is 1.90. The molecule has 0 saturated heterocycles. The van der Waals surface area contributed by atoms with Crippen LogP contribution >= 0.6 is 11.3 Å². The van der Waals surface area contributed by atoms with E-state index in [9.17, 15) is 4.79 Å². The summed E-state index contributed by atoms with van der Waals surface area (Å²) in [5.41, 5.74) is 2.48. The van der Waals surface area contributed by atoms with Gasteiger partial charge in [0.15, 0.2) is 10.7 Å². The number of rotatable bonds is 3. The maximum atomic E-state index is 11.7. The molecular formula is C14H12N2O2S. The van der Waals surface area contributed by atoms with E-state index in [1.165, 1.54) is 11.3 Å². The van der Waals surface area contributed by atoms with Crippen LogP contribution < -0.4 is 0 Å². The maximum Gasteiger partial charge on any atom is 0.358 e. The minimum absolute atomic E-state index is 0.353. The van der Waals surface area contributed by atoms with Crippen molar-refractivity contribution in [3.05, 3.63) is 47.6 Å². The number of hydrogen-bond acceptors (Lipinski definition) is 4. The van der Waals surface area contributed by atoms with E-state index < -0.39 is 0 Å². The second-order valence-corrected chi connectivity index (χ2v) is 4.82. The zero-order valence-electron chi connectivity index (χ0n) is 10.4. The third-order valence-electron chi connectivity index (χ3n) is 2.76. The summed E-state index contributed by atoms with van der Waals surface area (Å²) in [6, 6.07) is 10.0. The maximum absolute atomic E-state index is 11.7. The van der Waals surface area contributed by atoms with E-state index in [1.807, 2.05) is 40.1 Å². The van der Waals surface area contributed by atoms with E-state index in [-0.39, 0.29) is 5.97 Å². The first kappa shape index (κ1) is 11.9. The van der Waals surface area contributed by atoms with Gasteiger partial charge in [-0.05, 0) is 12.5 Å². The molecule has 0 fully saturated rings. The highest BCUT2D eigenvalue weighted by Crippen LogP contribution is 2.26. The summed E-state index contributed by atoms with van der Waals surface area (Å²) in [4.78, 5) is 16.7. The molecule has 0 aliphatic carbocycles. The average Bonchev–Trinajstić information content (AvgIpc) is 2.99. The average molecular weight is 272 g/mol. The number of benzene rings is 1. The van der Waals surface area contributed by atoms with Crippen molar-refractivity contribution in [3.8, 4) is 11.3 Å². The molecule has 19 heavy (non-hydrogen) atoms. The molecular weight excluding hydrogens is 260 g/mol. The van der Waals surface area contributed by atoms with Crippen molar-refractivity contribution in [2.75, 3.05) is 6.61 Å². The number of imidazole rings is 1. The number of aromatic nitrogens is 2. The van der Waals surface area contributed by atoms with Crippen molar-refractivity contribution < 1.29 is 9.53 Å². The van der Waals surface area contributed by atoms with E-state index in [4.69, 9.17) is 4.74 Å². The Morgan fingerprint density at radius 2 is 2.16 bits per heavy atom. The van der Waals surface area contributed by atoms with Gasteiger partial charge >= 0.3 is 5.97 Å². The Kier molecular flexibility index (Phi) is 3.05. The third-order valence-corrected chi connectivity index (χ3v) is 3.60. The third kappa shape index (κ3) is 2.13. The van der Waals surface area contributed by atoms with Gasteiger partial charge in [-0.15, -0.1) is 11.3 Å². The number of ether oxygens (including phenoxy) is 1. The Bertz CT molecular complexity index is 715. The number of nitrogens with zero attached hydrogens (tertiary/aromatic N) is 2. The van der Waals surface area contributed by atoms with Gasteiger partial charge in [0.2, 0.25) is 0 Å². The number of esters is 1. The minimum atomic E-state index is -0.377. The summed E-state index contributed by atoms with van der Waals surface area (Å²) in [5, 5.41) is 2.03. The molecule has 0 aliphatic rings. The highest BCUT2D eigenvalue weighted by atomic mass is 32.1. The number of hydrogen-bond donors (Lipinski definition) is 0. The molecule has 2 heterocycles. The van der Waals surface area contributed by atoms with Crippen molar-refractivity contribution in [1.29, 1.82) is 0 Å². The Hall–Kier alpha value is -2.14. The smallest absolute Gasteiger partial charge is 0.358 e. The lowest BCUT2D eigenvalue weighted by Crippen LogP contribution is -2.04. The molecule has 2 aromatic heterocycles. The summed E-state index contributed by atoms with van der Waals surface area (Å²) >= 11 is 1.51. The second-order valence-electron chi connectivity index (χ2n) is 3.99. The molecule has 0 N–H and O–H groups in total. The quantitative estimate of drug-likeness (QED) is 0.687. The van der Waals surface area contributed by atoms with Crippen molar-refractivity contribution in [2.45, 2.75) is 6.92 Å². The van der Waals surface area contributed by atoms with Crippen LogP contribution in [0.5, 0.6) is 0 Å². The van der Waals surface area contributed by atoms with E-state index >= 15 is 0 Å². The molecule has 1 aromatic carbocycles. The fourth-order valence-corrected chi connectivity index (χ4v) is 2.79. The largest absolute Gasteiger partial charge is 0.461 e. The second kappa shape index (κ2) is 4.85. The normalized spacial score (nSPS) is 10.8. The van der Waals surface area contributed by atoms with Crippen LogP contribution in [0, 0.1) is 0 Å². The van der Waals surface area contributed by atoms with Crippen LogP contribution in [0.4, 0.5) is 0 Å². The van der Waals surface area contributed by atoms with Crippen molar-refractivity contribution in [3.63, 3.8) is 0 Å². The molecule has 0 aliphatic heterocycles. The molecule has 3 rings (SSSR count). The SMILES string of the molecule is CCOC(=O)c1cn2c(-c3ccccc3)csc2n1. The fraction of sp³-hybridized carbons (Fsp3) is 0.143. The molecule has 0 unspecified atom stereocenters. The number of thiazole rings is 1. The number of fused-ring (bicyclic) bond motifs is 1. The predicted octanol–water partition coefficient (Wildman–Crippen LogP) is 3.24. The van der Waals surface area contributed by atoms with E-state index in [1.54, 1.807) is 13.1 Å². The van der Waals surface area contributed by atoms with Gasteiger partial charge < -0.3 is 4.74 Å². The molecule has 5 heteroatoms. The van der Waals surface area contributed by atoms with E-state index in [2.05, 4.69) is 4.98 Å². The Balaban J connectivity index is 2.06. The standard InChI is InChI=1S/C14H12N2O2S/c1-2-18-13(17)11-8-16-12(9-19-14(16)15-11)10-6-4-3-5-7-10/h3-9H,2H2,1H3. The Morgan fingerprint density at radius 3 is 2.89 bits per heavy atom. The van der Waals surface area contributed by atoms with Crippen molar-refractivity contribution in [1.82, 2.24) is 9.38 Å². The zero-order chi connectivity index (χ0) is 13.2. The first-order chi connectivity index (χ1) is 9.29. The first-order valence-electron chi connectivity index (χ1n) is 5.98. The van der Waals surface area contributed by atoms with Crippen molar-refractivity contribution >= 4 is 22.3 Å². The van der Waals surface area contributed by atoms with Gasteiger partial charge in [0, 0.05) is 11.6 Å². The summed E-state index contributed by atoms with van der Waals surface area (Å²) in [5.74, 6) is -0.377. The highest BCUT2D eigenvalue weighted by molar-refractivity contribution is 7.15. The van der Waals surface area contributed by atoms with E-state index in [0.717, 1.165) is 16.2 Å². The number of carbonyl (C=O) groups excluding carboxylic acids is 1. The van der Waals surface area contributed by atoms with Crippen LogP contribution in [-0.2, 0) is 4.74 Å². The minimum Gasteiger partial charge on any atom is -0.461 e. The van der Waals surface area contributed by atoms with Gasteiger partial charge in [0.1, 0.15) is 0 Å². The van der Waals surface area contributed by atoms with Gasteiger partial charge in [-0.3, -0.25) is 4.40 Å². The van der Waals surface area contributed by atoms with Crippen LogP contribution in [0.2, 0.25) is 0 Å². The lowest BCUT2D eigenvalue weighted by Gasteiger charge is -1.98. The molecule has 0 saturated carbocycles. The molecule has 0 spiro atoms. The lowest BCUT2D eigenvalue weighted by atomic mass is 10.2. The zero-order valence-corrected chi connectivity index (χ0v) is 11.2. The summed E-state index contributed by atoms with van der Waals surface area (Å²) in [7, 11) is 0. The van der Waals surface area contributed by atoms with E-state index in [0.29, 0.717) is 12.3 Å². The van der Waals surface area contributed by atoms with Gasteiger partial charge in [-0.2, -0.15) is 0 Å². The number of carbonyl (C=O) groups is 1. The monoisotopic (exact) mass is 272 g/mol. The highest BCUT2D eigenvalue weighted by Gasteiger charge is 2.15. The molecule has 0 atom stereocenters. The van der Waals surface area contributed by atoms with Gasteiger partial charge in [-0.1, -0.05) is 30.3 Å². The predicted molar refractivity (Wildman–Crippen MR) is 74.5 cm³/mol. The van der Waals surface area contributed by atoms with Crippen LogP contribution in [0.25, 0.3) is 16.2 Å². The summed E-state index contributed by atoms with van der Waals surface area (Å²) in [6.07, 6.45) is 1.73. The van der Waals surface area contributed by atoms with Crippen molar-refractivity contribution in [2.24, 2.45) is 0 Å². The lowest BCUT2D eigenvalue weighted by molar-refractivity contribution is 0.0520. The van der Waals surface area contributed by atoms with Crippen LogP contribution in [-0.4, -0.2) is 22.0 Å². The molecule has 3 aromatic rings. The summed E-state index contributed by atoms with van der Waals surface area (Å²) in [6.45, 7) is 2.14. The first-order valence-corrected chi connectivity index (χ1v) is 6.86. The Labute approximate surface area is 114 Å². The molecule has 96 valence electrons. The van der Waals surface area contributed by atoms with Crippen LogP contribution in [0.1, 0.15) is 17.4 Å². The van der Waals surface area contributed by atoms with Crippen LogP contribution in [0.3, 0.4) is 0 Å². The Morgan fingerprint density at radius 1 is 1.37 bits per heavy atom. The molecule has 0 bridgehead atoms. The van der Waals surface area contributed by atoms with Crippen LogP contribution in [0.15, 0.2) is 41.9 Å². The molecule has 4 nitrogen and oxygen atoms in total. The summed E-state index contributed by atoms with van der Waals surface area (Å²) < 4.78 is 6.89. The van der Waals surface area contributed by atoms with Gasteiger partial charge in [-0.25, -0.2) is 9.78 Å². The van der Waals surface area contributed by atoms with Gasteiger partial charge in [0.05, 0.1) is 12.3 Å². The molecule has 0 amide bonds.